The number of ether oxygens (including phenoxy) is 3. The Morgan fingerprint density at radius 1 is 0.913 bits per heavy atom. The van der Waals surface area contributed by atoms with Crippen molar-refractivity contribution in [3.63, 3.8) is 0 Å². The van der Waals surface area contributed by atoms with Crippen molar-refractivity contribution in [2.75, 3.05) is 65.2 Å². The molecule has 8 heteroatoms. The smallest absolute Gasteiger partial charge is 0.269 e. The van der Waals surface area contributed by atoms with E-state index in [4.69, 9.17) is 14.2 Å². The van der Waals surface area contributed by atoms with Crippen molar-refractivity contribution in [1.82, 2.24) is 10.6 Å². The second-order valence-corrected chi connectivity index (χ2v) is 12.2. The lowest BCUT2D eigenvalue weighted by Gasteiger charge is -2.21. The fraction of sp³-hybridized carbons (Fsp3) is 0.933. The Bertz CT molecular complexity index is 318. The third-order valence-corrected chi connectivity index (χ3v) is 4.16. The van der Waals surface area contributed by atoms with Gasteiger partial charge in [0, 0.05) is 18.6 Å². The van der Waals surface area contributed by atoms with Gasteiger partial charge >= 0.3 is 0 Å². The summed E-state index contributed by atoms with van der Waals surface area (Å²) < 4.78 is 16.2. The summed E-state index contributed by atoms with van der Waals surface area (Å²) in [5.41, 5.74) is 0.126. The van der Waals surface area contributed by atoms with Gasteiger partial charge in [-0.3, -0.25) is 4.79 Å². The topological polar surface area (TPSA) is 68.8 Å². The Morgan fingerprint density at radius 2 is 1.35 bits per heavy atom. The van der Waals surface area contributed by atoms with E-state index in [2.05, 4.69) is 43.1 Å². The first-order chi connectivity index (χ1) is 10.6. The van der Waals surface area contributed by atoms with Crippen molar-refractivity contribution in [3.8, 4) is 0 Å². The second-order valence-electron chi connectivity index (χ2n) is 6.50. The summed E-state index contributed by atoms with van der Waals surface area (Å²) >= 11 is 4.27. The number of nitrogens with one attached hydrogen (secondary N) is 2. The first-order valence-electron chi connectivity index (χ1n) is 7.85. The standard InChI is InChI=1S/C15H34N2O4S2/c1-15(2,3)17-7-9-20-11-13-21-12-10-19-8-6-16-14(18)23(4,5)22/h17,22H,6-13H2,1-5H3,(H,16,18). The average Bonchev–Trinajstić information content (AvgIpc) is 2.41. The predicted molar refractivity (Wildman–Crippen MR) is 102 cm³/mol. The molecule has 0 aromatic rings. The van der Waals surface area contributed by atoms with Crippen LogP contribution in [0.4, 0.5) is 4.79 Å². The van der Waals surface area contributed by atoms with Gasteiger partial charge in [-0.25, -0.2) is 0 Å². The molecule has 0 aromatic heterocycles. The maximum absolute atomic E-state index is 11.6. The van der Waals surface area contributed by atoms with E-state index in [0.717, 1.165) is 6.54 Å². The highest BCUT2D eigenvalue weighted by atomic mass is 33.1. The van der Waals surface area contributed by atoms with Gasteiger partial charge in [0.2, 0.25) is 0 Å². The van der Waals surface area contributed by atoms with Gasteiger partial charge in [-0.15, -0.1) is 20.7 Å². The fourth-order valence-electron chi connectivity index (χ4n) is 1.44. The van der Waals surface area contributed by atoms with Gasteiger partial charge in [-0.2, -0.15) is 0 Å². The van der Waals surface area contributed by atoms with E-state index in [9.17, 15) is 4.79 Å². The SMILES string of the molecule is CC(C)(C)NCCOCCOCCOCCNC(=O)S(C)(C)S. The minimum atomic E-state index is -1.48. The maximum atomic E-state index is 11.6. The third-order valence-electron chi connectivity index (χ3n) is 2.62. The van der Waals surface area contributed by atoms with Crippen LogP contribution >= 0.6 is 20.7 Å². The largest absolute Gasteiger partial charge is 0.378 e. The van der Waals surface area contributed by atoms with Crippen molar-refractivity contribution in [2.24, 2.45) is 0 Å². The third kappa shape index (κ3) is 16.6. The molecule has 0 aliphatic heterocycles. The highest BCUT2D eigenvalue weighted by Crippen LogP contribution is 2.44. The van der Waals surface area contributed by atoms with Crippen molar-refractivity contribution >= 4 is 26.0 Å². The summed E-state index contributed by atoms with van der Waals surface area (Å²) in [6.07, 6.45) is 3.67. The van der Waals surface area contributed by atoms with Crippen LogP contribution in [0, 0.1) is 0 Å². The van der Waals surface area contributed by atoms with Crippen molar-refractivity contribution in [2.45, 2.75) is 26.3 Å². The Kier molecular flexibility index (Phi) is 12.4. The zero-order valence-electron chi connectivity index (χ0n) is 15.1. The molecule has 0 rings (SSSR count). The van der Waals surface area contributed by atoms with Gasteiger partial charge in [-0.1, -0.05) is 0 Å². The van der Waals surface area contributed by atoms with Crippen LogP contribution in [-0.4, -0.2) is 76.0 Å². The zero-order valence-corrected chi connectivity index (χ0v) is 16.9. The van der Waals surface area contributed by atoms with Crippen LogP contribution in [0.15, 0.2) is 0 Å². The van der Waals surface area contributed by atoms with Crippen LogP contribution < -0.4 is 10.6 Å². The molecule has 0 atom stereocenters. The molecule has 0 saturated heterocycles. The van der Waals surface area contributed by atoms with Gasteiger partial charge in [0.25, 0.3) is 5.24 Å². The summed E-state index contributed by atoms with van der Waals surface area (Å²) in [5.74, 6) is 0. The van der Waals surface area contributed by atoms with E-state index >= 15 is 0 Å². The fourth-order valence-corrected chi connectivity index (χ4v) is 2.09. The molecule has 2 N–H and O–H groups in total. The highest BCUT2D eigenvalue weighted by molar-refractivity contribution is 8.93. The zero-order chi connectivity index (χ0) is 17.8. The minimum Gasteiger partial charge on any atom is -0.378 e. The van der Waals surface area contributed by atoms with Crippen molar-refractivity contribution < 1.29 is 19.0 Å². The van der Waals surface area contributed by atoms with Crippen LogP contribution in [0.25, 0.3) is 0 Å². The molecule has 1 amide bonds. The summed E-state index contributed by atoms with van der Waals surface area (Å²) in [6, 6.07) is 0. The average molecular weight is 371 g/mol. The number of carbonyl (C=O) groups excluding carboxylic acids is 1. The number of carbonyl (C=O) groups is 1. The maximum Gasteiger partial charge on any atom is 0.269 e. The number of hydrogen-bond donors (Lipinski definition) is 3. The van der Waals surface area contributed by atoms with Crippen LogP contribution in [0.5, 0.6) is 0 Å². The monoisotopic (exact) mass is 370 g/mol. The van der Waals surface area contributed by atoms with Crippen LogP contribution in [-0.2, 0) is 14.2 Å². The number of hydrogen-bond acceptors (Lipinski definition) is 6. The first-order valence-corrected chi connectivity index (χ1v) is 11.3. The van der Waals surface area contributed by atoms with Crippen molar-refractivity contribution in [3.05, 3.63) is 0 Å². The molecule has 140 valence electrons. The lowest BCUT2D eigenvalue weighted by Crippen LogP contribution is -2.38. The van der Waals surface area contributed by atoms with E-state index in [1.807, 2.05) is 12.5 Å². The lowest BCUT2D eigenvalue weighted by atomic mass is 10.1. The second kappa shape index (κ2) is 12.4. The lowest BCUT2D eigenvalue weighted by molar-refractivity contribution is 0.0155. The molecule has 0 spiro atoms. The number of amides is 1. The molecule has 23 heavy (non-hydrogen) atoms. The molecule has 0 aliphatic rings. The number of rotatable bonds is 12. The highest BCUT2D eigenvalue weighted by Gasteiger charge is 2.15. The molecular formula is C15H34N2O4S2. The molecule has 0 unspecified atom stereocenters. The Labute approximate surface area is 147 Å². The Hall–Kier alpha value is 0.0100. The summed E-state index contributed by atoms with van der Waals surface area (Å²) in [7, 11) is -1.48. The van der Waals surface area contributed by atoms with Gasteiger partial charge in [0.15, 0.2) is 0 Å². The van der Waals surface area contributed by atoms with Gasteiger partial charge < -0.3 is 24.8 Å². The summed E-state index contributed by atoms with van der Waals surface area (Å²) in [5, 5.41) is 6.13. The van der Waals surface area contributed by atoms with Crippen molar-refractivity contribution in [1.29, 1.82) is 0 Å². The van der Waals surface area contributed by atoms with E-state index in [1.54, 1.807) is 0 Å². The van der Waals surface area contributed by atoms with E-state index in [-0.39, 0.29) is 10.8 Å². The number of thiol groups is 1. The molecule has 0 aromatic carbocycles. The molecule has 0 fully saturated rings. The molecule has 0 radical (unpaired) electrons. The molecule has 6 nitrogen and oxygen atoms in total. The molecule has 0 saturated carbocycles. The first kappa shape index (κ1) is 23.0. The van der Waals surface area contributed by atoms with E-state index in [0.29, 0.717) is 46.2 Å². The molecule has 0 aliphatic carbocycles. The van der Waals surface area contributed by atoms with Crippen LogP contribution in [0.1, 0.15) is 20.8 Å². The summed E-state index contributed by atoms with van der Waals surface area (Å²) in [6.45, 7) is 11.1. The molecule has 0 bridgehead atoms. The Morgan fingerprint density at radius 3 is 1.78 bits per heavy atom. The van der Waals surface area contributed by atoms with Crippen LogP contribution in [0.3, 0.4) is 0 Å². The van der Waals surface area contributed by atoms with Gasteiger partial charge in [-0.05, 0) is 33.3 Å². The van der Waals surface area contributed by atoms with E-state index in [1.165, 1.54) is 0 Å². The van der Waals surface area contributed by atoms with E-state index < -0.39 is 9.06 Å². The predicted octanol–water partition coefficient (Wildman–Crippen LogP) is 2.04. The molecule has 0 heterocycles. The summed E-state index contributed by atoms with van der Waals surface area (Å²) in [4.78, 5) is 11.6. The Balaban J connectivity index is 3.21. The normalized spacial score (nSPS) is 13.1. The van der Waals surface area contributed by atoms with Gasteiger partial charge in [0.1, 0.15) is 0 Å². The quantitative estimate of drug-likeness (QED) is 0.279. The minimum absolute atomic E-state index is 0.0150. The molecular weight excluding hydrogens is 336 g/mol. The van der Waals surface area contributed by atoms with Crippen LogP contribution in [0.2, 0.25) is 0 Å². The van der Waals surface area contributed by atoms with Gasteiger partial charge in [0.05, 0.1) is 39.6 Å².